The topological polar surface area (TPSA) is 67.6 Å². The van der Waals surface area contributed by atoms with E-state index in [1.54, 1.807) is 0 Å². The number of hydrogen-bond donors (Lipinski definition) is 2. The van der Waals surface area contributed by atoms with Crippen LogP contribution in [0.5, 0.6) is 0 Å². The number of ether oxygens (including phenoxy) is 1. The number of nitrogens with zero attached hydrogens (tertiary/aromatic N) is 1. The van der Waals surface area contributed by atoms with Crippen molar-refractivity contribution in [2.45, 2.75) is 44.1 Å². The average molecular weight is 342 g/mol. The molecule has 0 spiro atoms. The second kappa shape index (κ2) is 10.6. The van der Waals surface area contributed by atoms with Crippen LogP contribution in [0.25, 0.3) is 0 Å². The highest BCUT2D eigenvalue weighted by atomic mass is 35.5. The lowest BCUT2D eigenvalue weighted by Crippen LogP contribution is -2.54. The highest BCUT2D eigenvalue weighted by Gasteiger charge is 2.41. The zero-order valence-electron chi connectivity index (χ0n) is 12.6. The first-order valence-electron chi connectivity index (χ1n) is 7.56. The number of morpholine rings is 1. The van der Waals surface area contributed by atoms with Crippen LogP contribution in [0.15, 0.2) is 0 Å². The van der Waals surface area contributed by atoms with Gasteiger partial charge in [0.25, 0.3) is 0 Å². The third kappa shape index (κ3) is 5.91. The maximum Gasteiger partial charge on any atom is 0.221 e. The largest absolute Gasteiger partial charge is 0.379 e. The molecular formula is C14H29Cl2N3O2. The number of nitrogens with one attached hydrogen (secondary N) is 1. The first-order valence-corrected chi connectivity index (χ1v) is 7.56. The predicted octanol–water partition coefficient (Wildman–Crippen LogP) is 1.33. The summed E-state index contributed by atoms with van der Waals surface area (Å²) in [5.74, 6) is 0.182. The van der Waals surface area contributed by atoms with Gasteiger partial charge in [0, 0.05) is 31.6 Å². The van der Waals surface area contributed by atoms with E-state index < -0.39 is 0 Å². The molecule has 7 heteroatoms. The van der Waals surface area contributed by atoms with Crippen LogP contribution < -0.4 is 11.1 Å². The SMILES string of the molecule is Cl.Cl.NCCCNC(=O)CC1(N2CCOCC2)CCCC1. The Balaban J connectivity index is 0.00000200. The summed E-state index contributed by atoms with van der Waals surface area (Å²) in [7, 11) is 0. The molecule has 21 heavy (non-hydrogen) atoms. The molecule has 1 heterocycles. The van der Waals surface area contributed by atoms with Gasteiger partial charge in [-0.3, -0.25) is 9.69 Å². The molecule has 0 aromatic heterocycles. The third-order valence-electron chi connectivity index (χ3n) is 4.41. The van der Waals surface area contributed by atoms with Gasteiger partial charge >= 0.3 is 0 Å². The maximum absolute atomic E-state index is 12.1. The zero-order valence-corrected chi connectivity index (χ0v) is 14.3. The maximum atomic E-state index is 12.1. The van der Waals surface area contributed by atoms with Crippen molar-refractivity contribution in [3.05, 3.63) is 0 Å². The average Bonchev–Trinajstić information content (AvgIpc) is 2.90. The molecule has 2 aliphatic rings. The van der Waals surface area contributed by atoms with E-state index in [0.717, 1.165) is 45.6 Å². The van der Waals surface area contributed by atoms with Gasteiger partial charge in [-0.1, -0.05) is 12.8 Å². The monoisotopic (exact) mass is 341 g/mol. The molecular weight excluding hydrogens is 313 g/mol. The van der Waals surface area contributed by atoms with E-state index in [-0.39, 0.29) is 36.3 Å². The number of carbonyl (C=O) groups is 1. The van der Waals surface area contributed by atoms with E-state index >= 15 is 0 Å². The van der Waals surface area contributed by atoms with Crippen LogP contribution in [0.3, 0.4) is 0 Å². The first kappa shape index (κ1) is 20.9. The molecule has 2 rings (SSSR count). The Morgan fingerprint density at radius 1 is 1.19 bits per heavy atom. The molecule has 1 aliphatic heterocycles. The molecule has 0 aromatic rings. The molecule has 5 nitrogen and oxygen atoms in total. The standard InChI is InChI=1S/C14H27N3O2.2ClH/c15-6-3-7-16-13(18)12-14(4-1-2-5-14)17-8-10-19-11-9-17;;/h1-12,15H2,(H,16,18);2*1H. The smallest absolute Gasteiger partial charge is 0.221 e. The molecule has 1 saturated heterocycles. The van der Waals surface area contributed by atoms with Crippen molar-refractivity contribution in [1.82, 2.24) is 10.2 Å². The Kier molecular flexibility index (Phi) is 10.6. The van der Waals surface area contributed by atoms with Crippen LogP contribution in [0, 0.1) is 0 Å². The minimum absolute atomic E-state index is 0. The summed E-state index contributed by atoms with van der Waals surface area (Å²) >= 11 is 0. The van der Waals surface area contributed by atoms with Crippen molar-refractivity contribution < 1.29 is 9.53 Å². The Labute approximate surface area is 140 Å². The van der Waals surface area contributed by atoms with E-state index in [0.29, 0.717) is 19.5 Å². The van der Waals surface area contributed by atoms with Crippen LogP contribution in [0.4, 0.5) is 0 Å². The summed E-state index contributed by atoms with van der Waals surface area (Å²) in [6.45, 7) is 4.88. The van der Waals surface area contributed by atoms with Gasteiger partial charge in [-0.15, -0.1) is 24.8 Å². The number of amides is 1. The summed E-state index contributed by atoms with van der Waals surface area (Å²) in [6, 6.07) is 0. The van der Waals surface area contributed by atoms with Gasteiger partial charge in [0.05, 0.1) is 13.2 Å². The number of carbonyl (C=O) groups excluding carboxylic acids is 1. The van der Waals surface area contributed by atoms with E-state index in [1.165, 1.54) is 12.8 Å². The molecule has 0 aromatic carbocycles. The number of nitrogens with two attached hydrogens (primary N) is 1. The highest BCUT2D eigenvalue weighted by Crippen LogP contribution is 2.38. The van der Waals surface area contributed by atoms with Gasteiger partial charge in [-0.25, -0.2) is 0 Å². The lowest BCUT2D eigenvalue weighted by molar-refractivity contribution is -0.125. The molecule has 1 aliphatic carbocycles. The first-order chi connectivity index (χ1) is 9.27. The molecule has 0 unspecified atom stereocenters. The van der Waals surface area contributed by atoms with Crippen LogP contribution in [-0.2, 0) is 9.53 Å². The number of halogens is 2. The van der Waals surface area contributed by atoms with Crippen LogP contribution >= 0.6 is 24.8 Å². The molecule has 0 radical (unpaired) electrons. The molecule has 0 bridgehead atoms. The lowest BCUT2D eigenvalue weighted by atomic mass is 9.90. The van der Waals surface area contributed by atoms with Crippen molar-refractivity contribution in [2.24, 2.45) is 5.73 Å². The van der Waals surface area contributed by atoms with Crippen molar-refractivity contribution in [2.75, 3.05) is 39.4 Å². The molecule has 1 amide bonds. The molecule has 0 atom stereocenters. The van der Waals surface area contributed by atoms with Crippen molar-refractivity contribution in [3.8, 4) is 0 Å². The second-order valence-corrected chi connectivity index (χ2v) is 5.70. The summed E-state index contributed by atoms with van der Waals surface area (Å²) in [5, 5.41) is 3.00. The number of hydrogen-bond acceptors (Lipinski definition) is 4. The minimum Gasteiger partial charge on any atom is -0.379 e. The molecule has 3 N–H and O–H groups in total. The van der Waals surface area contributed by atoms with E-state index in [4.69, 9.17) is 10.5 Å². The molecule has 2 fully saturated rings. The summed E-state index contributed by atoms with van der Waals surface area (Å²) < 4.78 is 5.43. The quantitative estimate of drug-likeness (QED) is 0.715. The van der Waals surface area contributed by atoms with E-state index in [1.807, 2.05) is 0 Å². The van der Waals surface area contributed by atoms with Gasteiger partial charge in [-0.05, 0) is 25.8 Å². The Hall–Kier alpha value is -0.0700. The highest BCUT2D eigenvalue weighted by molar-refractivity contribution is 5.85. The van der Waals surface area contributed by atoms with Crippen LogP contribution in [0.2, 0.25) is 0 Å². The third-order valence-corrected chi connectivity index (χ3v) is 4.41. The van der Waals surface area contributed by atoms with Crippen LogP contribution in [-0.4, -0.2) is 55.7 Å². The minimum atomic E-state index is 0. The zero-order chi connectivity index (χ0) is 13.6. The normalized spacial score (nSPS) is 21.2. The summed E-state index contributed by atoms with van der Waals surface area (Å²) in [5.41, 5.74) is 5.54. The Morgan fingerprint density at radius 2 is 1.81 bits per heavy atom. The molecule has 126 valence electrons. The number of rotatable bonds is 6. The van der Waals surface area contributed by atoms with Gasteiger partial charge < -0.3 is 15.8 Å². The lowest BCUT2D eigenvalue weighted by Gasteiger charge is -2.43. The Morgan fingerprint density at radius 3 is 2.38 bits per heavy atom. The van der Waals surface area contributed by atoms with Gasteiger partial charge in [-0.2, -0.15) is 0 Å². The second-order valence-electron chi connectivity index (χ2n) is 5.70. The van der Waals surface area contributed by atoms with Gasteiger partial charge in [0.15, 0.2) is 0 Å². The molecule has 1 saturated carbocycles. The fraction of sp³-hybridized carbons (Fsp3) is 0.929. The van der Waals surface area contributed by atoms with Gasteiger partial charge in [0.2, 0.25) is 5.91 Å². The fourth-order valence-corrected chi connectivity index (χ4v) is 3.37. The van der Waals surface area contributed by atoms with E-state index in [9.17, 15) is 4.79 Å². The van der Waals surface area contributed by atoms with Crippen molar-refractivity contribution >= 4 is 30.7 Å². The van der Waals surface area contributed by atoms with Crippen molar-refractivity contribution in [1.29, 1.82) is 0 Å². The van der Waals surface area contributed by atoms with E-state index in [2.05, 4.69) is 10.2 Å². The fourth-order valence-electron chi connectivity index (χ4n) is 3.37. The predicted molar refractivity (Wildman–Crippen MR) is 89.4 cm³/mol. The Bertz CT molecular complexity index is 294. The van der Waals surface area contributed by atoms with Crippen LogP contribution in [0.1, 0.15) is 38.5 Å². The summed E-state index contributed by atoms with van der Waals surface area (Å²) in [6.07, 6.45) is 6.28. The van der Waals surface area contributed by atoms with Crippen molar-refractivity contribution in [3.63, 3.8) is 0 Å². The summed E-state index contributed by atoms with van der Waals surface area (Å²) in [4.78, 5) is 14.6. The van der Waals surface area contributed by atoms with Gasteiger partial charge in [0.1, 0.15) is 0 Å².